The van der Waals surface area contributed by atoms with E-state index < -0.39 is 6.10 Å². The van der Waals surface area contributed by atoms with Gasteiger partial charge in [0, 0.05) is 19.0 Å². The molecule has 2 atom stereocenters. The third-order valence-corrected chi connectivity index (χ3v) is 5.35. The van der Waals surface area contributed by atoms with Crippen LogP contribution in [-0.2, 0) is 0 Å². The number of halogens is 1. The van der Waals surface area contributed by atoms with Gasteiger partial charge in [0.1, 0.15) is 0 Å². The van der Waals surface area contributed by atoms with E-state index in [0.717, 1.165) is 32.4 Å². The fraction of sp³-hybridized carbons (Fsp3) is 0.632. The molecule has 1 heterocycles. The number of nitrogens with one attached hydrogen (secondary N) is 1. The van der Waals surface area contributed by atoms with Crippen molar-refractivity contribution in [3.63, 3.8) is 0 Å². The molecule has 1 aromatic rings. The molecule has 160 valence electrons. The van der Waals surface area contributed by atoms with Crippen molar-refractivity contribution in [1.82, 2.24) is 10.2 Å². The van der Waals surface area contributed by atoms with Crippen molar-refractivity contribution in [1.29, 1.82) is 0 Å². The van der Waals surface area contributed by atoms with Crippen LogP contribution in [0.1, 0.15) is 36.5 Å². The maximum atomic E-state index is 12.7. The summed E-state index contributed by atoms with van der Waals surface area (Å²) in [5, 5.41) is 13.5. The molecule has 9 heteroatoms. The predicted molar refractivity (Wildman–Crippen MR) is 110 cm³/mol. The molecule has 0 spiro atoms. The first-order valence-corrected chi connectivity index (χ1v) is 9.69. The average Bonchev–Trinajstić information content (AvgIpc) is 2.66. The number of anilines is 1. The number of hydrogen-bond donors (Lipinski definition) is 3. The zero-order valence-corrected chi connectivity index (χ0v) is 17.5. The average molecular weight is 418 g/mol. The molecular formula is C19H32ClN3O5. The fourth-order valence-corrected chi connectivity index (χ4v) is 3.58. The number of nitrogen functional groups attached to an aromatic ring is 1. The molecule has 8 nitrogen and oxygen atoms in total. The molecule has 1 saturated heterocycles. The number of hydrogen-bond acceptors (Lipinski definition) is 6. The monoisotopic (exact) mass is 417 g/mol. The number of amides is 1. The summed E-state index contributed by atoms with van der Waals surface area (Å²) in [6.07, 6.45) is 2.66. The summed E-state index contributed by atoms with van der Waals surface area (Å²) < 4.78 is 10.5. The molecule has 0 bridgehead atoms. The van der Waals surface area contributed by atoms with Gasteiger partial charge in [0.15, 0.2) is 11.5 Å². The summed E-state index contributed by atoms with van der Waals surface area (Å²) in [5.74, 6) is 0.155. The number of nitrogens with two attached hydrogens (primary N) is 1. The van der Waals surface area contributed by atoms with Gasteiger partial charge in [-0.2, -0.15) is 0 Å². The van der Waals surface area contributed by atoms with Crippen molar-refractivity contribution >= 4 is 23.2 Å². The molecule has 1 amide bonds. The number of nitrogens with zero attached hydrogens (tertiary/aromatic N) is 1. The highest BCUT2D eigenvalue weighted by Gasteiger charge is 2.28. The topological polar surface area (TPSA) is 129 Å². The highest BCUT2D eigenvalue weighted by Crippen LogP contribution is 2.41. The van der Waals surface area contributed by atoms with Crippen LogP contribution < -0.4 is 20.5 Å². The third kappa shape index (κ3) is 5.64. The van der Waals surface area contributed by atoms with Gasteiger partial charge in [0.2, 0.25) is 0 Å². The van der Waals surface area contributed by atoms with Gasteiger partial charge >= 0.3 is 0 Å². The van der Waals surface area contributed by atoms with Crippen LogP contribution in [0.5, 0.6) is 11.5 Å². The van der Waals surface area contributed by atoms with E-state index in [9.17, 15) is 9.90 Å². The van der Waals surface area contributed by atoms with Gasteiger partial charge in [0.05, 0.1) is 36.6 Å². The molecule has 0 radical (unpaired) electrons. The van der Waals surface area contributed by atoms with Gasteiger partial charge in [-0.25, -0.2) is 0 Å². The molecule has 0 aromatic heterocycles. The molecule has 0 aliphatic carbocycles. The second-order valence-corrected chi connectivity index (χ2v) is 7.27. The number of carbonyl (C=O) groups is 1. The summed E-state index contributed by atoms with van der Waals surface area (Å²) in [6.45, 7) is 5.13. The first kappa shape index (κ1) is 24.3. The summed E-state index contributed by atoms with van der Waals surface area (Å²) >= 11 is 6.11. The Kier molecular flexibility index (Phi) is 9.81. The van der Waals surface area contributed by atoms with Crippen LogP contribution in [0.3, 0.4) is 0 Å². The van der Waals surface area contributed by atoms with Gasteiger partial charge in [0.25, 0.3) is 5.91 Å². The molecule has 0 unspecified atom stereocenters. The van der Waals surface area contributed by atoms with Crippen LogP contribution in [0.25, 0.3) is 0 Å². The Balaban J connectivity index is 0.00000392. The normalized spacial score (nSPS) is 19.6. The van der Waals surface area contributed by atoms with Crippen LogP contribution in [0.4, 0.5) is 5.69 Å². The zero-order valence-electron chi connectivity index (χ0n) is 16.8. The van der Waals surface area contributed by atoms with Gasteiger partial charge < -0.3 is 36.0 Å². The summed E-state index contributed by atoms with van der Waals surface area (Å²) in [6, 6.07) is 1.47. The molecule has 1 aromatic carbocycles. The van der Waals surface area contributed by atoms with E-state index in [1.165, 1.54) is 20.3 Å². The standard InChI is InChI=1S/C19H30ClN3O4.H2O/c1-4-5-7-23-8-6-12(15(24)11-23)10-22-19(25)13-9-14(20)16(21)18(27-3)17(13)26-2;/h9,12,15,24H,4-8,10-11,21H2,1-3H3,(H,22,25);1H2/t12-,15+;/m0./s1. The summed E-state index contributed by atoms with van der Waals surface area (Å²) in [4.78, 5) is 15.0. The lowest BCUT2D eigenvalue weighted by molar-refractivity contribution is 0.0217. The van der Waals surface area contributed by atoms with Crippen molar-refractivity contribution in [2.45, 2.75) is 32.3 Å². The molecule has 1 aliphatic rings. The SMILES string of the molecule is CCCCN1CC[C@@H](CNC(=O)c2cc(Cl)c(N)c(OC)c2OC)[C@H](O)C1.O. The maximum absolute atomic E-state index is 12.7. The minimum Gasteiger partial charge on any atom is -0.492 e. The van der Waals surface area contributed by atoms with Gasteiger partial charge in [-0.15, -0.1) is 0 Å². The lowest BCUT2D eigenvalue weighted by Gasteiger charge is -2.36. The number of methoxy groups -OCH3 is 2. The van der Waals surface area contributed by atoms with Crippen molar-refractivity contribution in [2.75, 3.05) is 46.1 Å². The Morgan fingerprint density at radius 1 is 1.39 bits per heavy atom. The van der Waals surface area contributed by atoms with Crippen LogP contribution in [0, 0.1) is 5.92 Å². The van der Waals surface area contributed by atoms with Crippen LogP contribution in [0.2, 0.25) is 5.02 Å². The number of aliphatic hydroxyl groups is 1. The van der Waals surface area contributed by atoms with Gasteiger partial charge in [-0.1, -0.05) is 24.9 Å². The van der Waals surface area contributed by atoms with Crippen LogP contribution in [0.15, 0.2) is 6.07 Å². The van der Waals surface area contributed by atoms with Crippen molar-refractivity contribution in [3.8, 4) is 11.5 Å². The predicted octanol–water partition coefficient (Wildman–Crippen LogP) is 1.33. The Morgan fingerprint density at radius 3 is 2.64 bits per heavy atom. The minimum atomic E-state index is -0.456. The number of likely N-dealkylation sites (tertiary alicyclic amines) is 1. The molecule has 0 saturated carbocycles. The second-order valence-electron chi connectivity index (χ2n) is 6.87. The number of rotatable bonds is 8. The molecule has 2 rings (SSSR count). The number of aliphatic hydroxyl groups excluding tert-OH is 1. The van der Waals surface area contributed by atoms with Crippen LogP contribution in [-0.4, -0.2) is 67.9 Å². The number of carbonyl (C=O) groups excluding carboxylic acids is 1. The lowest BCUT2D eigenvalue weighted by atomic mass is 9.93. The van der Waals surface area contributed by atoms with E-state index in [2.05, 4.69) is 17.1 Å². The van der Waals surface area contributed by atoms with Crippen molar-refractivity contribution in [3.05, 3.63) is 16.7 Å². The Morgan fingerprint density at radius 2 is 2.07 bits per heavy atom. The number of β-amino-alcohol motifs (C(OH)–C–C–N with tert-alkyl or cyclic N) is 1. The molecule has 28 heavy (non-hydrogen) atoms. The first-order valence-electron chi connectivity index (χ1n) is 9.31. The summed E-state index contributed by atoms with van der Waals surface area (Å²) in [5.41, 5.74) is 6.37. The largest absolute Gasteiger partial charge is 0.492 e. The molecule has 1 fully saturated rings. The van der Waals surface area contributed by atoms with Gasteiger partial charge in [-0.3, -0.25) is 4.79 Å². The van der Waals surface area contributed by atoms with E-state index in [4.69, 9.17) is 26.8 Å². The van der Waals surface area contributed by atoms with Crippen LogP contribution >= 0.6 is 11.6 Å². The second kappa shape index (κ2) is 11.3. The first-order chi connectivity index (χ1) is 12.9. The lowest BCUT2D eigenvalue weighted by Crippen LogP contribution is -2.47. The fourth-order valence-electron chi connectivity index (χ4n) is 3.38. The molecule has 1 aliphatic heterocycles. The van der Waals surface area contributed by atoms with Gasteiger partial charge in [-0.05, 0) is 32.0 Å². The number of ether oxygens (including phenoxy) is 2. The van der Waals surface area contributed by atoms with E-state index in [0.29, 0.717) is 13.1 Å². The Labute approximate surface area is 171 Å². The highest BCUT2D eigenvalue weighted by atomic mass is 35.5. The maximum Gasteiger partial charge on any atom is 0.255 e. The quantitative estimate of drug-likeness (QED) is 0.547. The van der Waals surface area contributed by atoms with Crippen molar-refractivity contribution in [2.24, 2.45) is 5.92 Å². The van der Waals surface area contributed by atoms with E-state index in [-0.39, 0.29) is 45.1 Å². The van der Waals surface area contributed by atoms with E-state index >= 15 is 0 Å². The molecule has 6 N–H and O–H groups in total. The highest BCUT2D eigenvalue weighted by molar-refractivity contribution is 6.34. The smallest absolute Gasteiger partial charge is 0.255 e. The molecular weight excluding hydrogens is 386 g/mol. The third-order valence-electron chi connectivity index (χ3n) is 5.03. The minimum absolute atomic E-state index is 0. The van der Waals surface area contributed by atoms with E-state index in [1.807, 2.05) is 0 Å². The number of benzene rings is 1. The summed E-state index contributed by atoms with van der Waals surface area (Å²) in [7, 11) is 2.88. The van der Waals surface area contributed by atoms with E-state index in [1.54, 1.807) is 0 Å². The Bertz CT molecular complexity index is 659. The number of unbranched alkanes of at least 4 members (excludes halogenated alkanes) is 1. The number of piperidine rings is 1. The van der Waals surface area contributed by atoms with Crippen molar-refractivity contribution < 1.29 is 24.9 Å². The zero-order chi connectivity index (χ0) is 20.0. The Hall–Kier alpha value is -1.74.